The largest absolute Gasteiger partial charge is 0.312 e. The van der Waals surface area contributed by atoms with E-state index in [0.29, 0.717) is 16.9 Å². The summed E-state index contributed by atoms with van der Waals surface area (Å²) in [5.41, 5.74) is 0.905. The minimum Gasteiger partial charge on any atom is -0.312 e. The molecule has 3 heteroatoms. The first-order chi connectivity index (χ1) is 7.90. The second-order valence-electron chi connectivity index (χ2n) is 6.73. The fourth-order valence-electron chi connectivity index (χ4n) is 4.27. The average Bonchev–Trinajstić information content (AvgIpc) is 2.73. The van der Waals surface area contributed by atoms with E-state index in [2.05, 4.69) is 26.1 Å². The molecule has 0 heterocycles. The Hall–Kier alpha value is 0.110. The lowest BCUT2D eigenvalue weighted by Gasteiger charge is -2.43. The topological polar surface area (TPSA) is 29.1 Å². The predicted molar refractivity (Wildman–Crippen MR) is 74.6 cm³/mol. The van der Waals surface area contributed by atoms with Crippen LogP contribution in [0.5, 0.6) is 0 Å². The van der Waals surface area contributed by atoms with Gasteiger partial charge < -0.3 is 5.32 Å². The van der Waals surface area contributed by atoms with E-state index < -0.39 is 10.8 Å². The molecule has 2 bridgehead atoms. The van der Waals surface area contributed by atoms with Crippen molar-refractivity contribution in [1.29, 1.82) is 0 Å². The van der Waals surface area contributed by atoms with Crippen LogP contribution in [-0.2, 0) is 10.8 Å². The highest BCUT2D eigenvalue weighted by atomic mass is 32.2. The molecule has 0 aromatic heterocycles. The summed E-state index contributed by atoms with van der Waals surface area (Å²) < 4.78 is 11.5. The van der Waals surface area contributed by atoms with Gasteiger partial charge in [-0.3, -0.25) is 4.21 Å². The summed E-state index contributed by atoms with van der Waals surface area (Å²) in [6, 6.07) is 0.614. The van der Waals surface area contributed by atoms with E-state index >= 15 is 0 Å². The van der Waals surface area contributed by atoms with Crippen molar-refractivity contribution in [3.8, 4) is 0 Å². The molecule has 0 aromatic rings. The average molecular weight is 257 g/mol. The van der Waals surface area contributed by atoms with E-state index in [0.717, 1.165) is 24.0 Å². The fourth-order valence-corrected chi connectivity index (χ4v) is 4.91. The fraction of sp³-hybridized carbons (Fsp3) is 1.00. The first kappa shape index (κ1) is 13.5. The Morgan fingerprint density at radius 3 is 2.59 bits per heavy atom. The van der Waals surface area contributed by atoms with Gasteiger partial charge in [-0.1, -0.05) is 27.7 Å². The van der Waals surface area contributed by atoms with Crippen molar-refractivity contribution in [2.75, 3.05) is 18.1 Å². The number of nitrogens with one attached hydrogen (secondary N) is 1. The SMILES string of the molecule is CCS(=O)CCNC1C2(C)CCC(C2)C1(C)C. The van der Waals surface area contributed by atoms with Crippen LogP contribution >= 0.6 is 0 Å². The highest BCUT2D eigenvalue weighted by Crippen LogP contribution is 2.62. The zero-order valence-electron chi connectivity index (χ0n) is 11.7. The Morgan fingerprint density at radius 2 is 2.06 bits per heavy atom. The van der Waals surface area contributed by atoms with Crippen LogP contribution in [0.15, 0.2) is 0 Å². The summed E-state index contributed by atoms with van der Waals surface area (Å²) >= 11 is 0. The Bertz CT molecular complexity index is 311. The second kappa shape index (κ2) is 4.65. The van der Waals surface area contributed by atoms with Gasteiger partial charge in [0.05, 0.1) is 0 Å². The van der Waals surface area contributed by atoms with Gasteiger partial charge in [0.25, 0.3) is 0 Å². The van der Waals surface area contributed by atoms with Crippen molar-refractivity contribution in [1.82, 2.24) is 5.32 Å². The van der Waals surface area contributed by atoms with Crippen LogP contribution < -0.4 is 5.32 Å². The maximum Gasteiger partial charge on any atom is 0.0360 e. The predicted octanol–water partition coefficient (Wildman–Crippen LogP) is 2.56. The number of fused-ring (bicyclic) bond motifs is 2. The lowest BCUT2D eigenvalue weighted by molar-refractivity contribution is 0.111. The van der Waals surface area contributed by atoms with E-state index in [1.54, 1.807) is 0 Å². The number of hydrogen-bond donors (Lipinski definition) is 1. The van der Waals surface area contributed by atoms with Crippen LogP contribution in [-0.4, -0.2) is 28.3 Å². The van der Waals surface area contributed by atoms with E-state index in [-0.39, 0.29) is 0 Å². The van der Waals surface area contributed by atoms with Crippen molar-refractivity contribution in [2.45, 2.75) is 53.0 Å². The van der Waals surface area contributed by atoms with Crippen molar-refractivity contribution in [2.24, 2.45) is 16.7 Å². The molecule has 0 amide bonds. The molecule has 100 valence electrons. The van der Waals surface area contributed by atoms with Gasteiger partial charge in [0.15, 0.2) is 0 Å². The summed E-state index contributed by atoms with van der Waals surface area (Å²) in [5, 5.41) is 3.72. The minimum atomic E-state index is -0.630. The van der Waals surface area contributed by atoms with Gasteiger partial charge in [-0.05, 0) is 36.0 Å². The van der Waals surface area contributed by atoms with Crippen LogP contribution in [0.4, 0.5) is 0 Å². The summed E-state index contributed by atoms with van der Waals surface area (Å²) in [6.07, 6.45) is 4.16. The molecule has 0 aromatic carbocycles. The zero-order valence-corrected chi connectivity index (χ0v) is 12.5. The molecule has 1 N–H and O–H groups in total. The van der Waals surface area contributed by atoms with Crippen molar-refractivity contribution in [3.05, 3.63) is 0 Å². The molecule has 2 saturated carbocycles. The third-order valence-corrected chi connectivity index (χ3v) is 6.57. The van der Waals surface area contributed by atoms with Crippen molar-refractivity contribution < 1.29 is 4.21 Å². The standard InChI is InChI=1S/C14H27NOS/c1-5-17(16)9-8-15-12-13(2,3)11-6-7-14(12,4)10-11/h11-12,15H,5-10H2,1-4H3. The van der Waals surface area contributed by atoms with E-state index in [1.165, 1.54) is 19.3 Å². The third-order valence-electron chi connectivity index (χ3n) is 5.27. The van der Waals surface area contributed by atoms with Crippen LogP contribution in [0, 0.1) is 16.7 Å². The van der Waals surface area contributed by atoms with Crippen molar-refractivity contribution >= 4 is 10.8 Å². The first-order valence-electron chi connectivity index (χ1n) is 6.98. The molecule has 2 fully saturated rings. The zero-order chi connectivity index (χ0) is 12.7. The maximum atomic E-state index is 11.5. The summed E-state index contributed by atoms with van der Waals surface area (Å²) in [6.45, 7) is 10.2. The van der Waals surface area contributed by atoms with Gasteiger partial charge in [-0.15, -0.1) is 0 Å². The summed E-state index contributed by atoms with van der Waals surface area (Å²) in [4.78, 5) is 0. The highest BCUT2D eigenvalue weighted by molar-refractivity contribution is 7.84. The van der Waals surface area contributed by atoms with Gasteiger partial charge in [-0.2, -0.15) is 0 Å². The summed E-state index contributed by atoms with van der Waals surface area (Å²) in [5.74, 6) is 2.49. The van der Waals surface area contributed by atoms with Crippen LogP contribution in [0.25, 0.3) is 0 Å². The molecule has 2 rings (SSSR count). The van der Waals surface area contributed by atoms with E-state index in [9.17, 15) is 4.21 Å². The molecule has 2 nitrogen and oxygen atoms in total. The van der Waals surface area contributed by atoms with Gasteiger partial charge in [0, 0.05) is 34.9 Å². The lowest BCUT2D eigenvalue weighted by atomic mass is 9.68. The van der Waals surface area contributed by atoms with Crippen LogP contribution in [0.1, 0.15) is 47.0 Å². The first-order valence-corrected chi connectivity index (χ1v) is 8.47. The number of rotatable bonds is 5. The quantitative estimate of drug-likeness (QED) is 0.820. The van der Waals surface area contributed by atoms with Crippen LogP contribution in [0.3, 0.4) is 0 Å². The minimum absolute atomic E-state index is 0.417. The molecule has 17 heavy (non-hydrogen) atoms. The Morgan fingerprint density at radius 1 is 1.35 bits per heavy atom. The van der Waals surface area contributed by atoms with Gasteiger partial charge >= 0.3 is 0 Å². The second-order valence-corrected chi connectivity index (χ2v) is 8.60. The molecule has 4 unspecified atom stereocenters. The maximum absolute atomic E-state index is 11.5. The lowest BCUT2D eigenvalue weighted by Crippen LogP contribution is -2.51. The molecule has 0 saturated heterocycles. The Kier molecular flexibility index (Phi) is 3.71. The molecule has 0 aliphatic heterocycles. The normalized spacial score (nSPS) is 40.7. The molecule has 2 aliphatic rings. The monoisotopic (exact) mass is 257 g/mol. The highest BCUT2D eigenvalue weighted by Gasteiger charge is 2.58. The molecule has 0 radical (unpaired) electrons. The molecular weight excluding hydrogens is 230 g/mol. The molecule has 2 aliphatic carbocycles. The number of hydrogen-bond acceptors (Lipinski definition) is 2. The molecular formula is C14H27NOS. The van der Waals surface area contributed by atoms with Gasteiger partial charge in [0.1, 0.15) is 0 Å². The Balaban J connectivity index is 1.94. The van der Waals surface area contributed by atoms with Crippen LogP contribution in [0.2, 0.25) is 0 Å². The third kappa shape index (κ3) is 2.33. The molecule has 4 atom stereocenters. The molecule has 0 spiro atoms. The van der Waals surface area contributed by atoms with E-state index in [4.69, 9.17) is 0 Å². The van der Waals surface area contributed by atoms with E-state index in [1.807, 2.05) is 6.92 Å². The smallest absolute Gasteiger partial charge is 0.0360 e. The summed E-state index contributed by atoms with van der Waals surface area (Å²) in [7, 11) is -0.630. The van der Waals surface area contributed by atoms with Gasteiger partial charge in [-0.25, -0.2) is 0 Å². The Labute approximate surface area is 108 Å². The van der Waals surface area contributed by atoms with Crippen molar-refractivity contribution in [3.63, 3.8) is 0 Å². The van der Waals surface area contributed by atoms with Gasteiger partial charge in [0.2, 0.25) is 0 Å².